The summed E-state index contributed by atoms with van der Waals surface area (Å²) >= 11 is 6.06. The highest BCUT2D eigenvalue weighted by molar-refractivity contribution is 6.31. The molecule has 0 radical (unpaired) electrons. The number of aryl methyl sites for hydroxylation is 1. The van der Waals surface area contributed by atoms with Crippen LogP contribution in [0.5, 0.6) is 0 Å². The Kier molecular flexibility index (Phi) is 4.54. The van der Waals surface area contributed by atoms with Crippen molar-refractivity contribution < 1.29 is 0 Å². The Hall–Kier alpha value is -2.92. The second-order valence-electron chi connectivity index (χ2n) is 6.29. The molecule has 1 aromatic carbocycles. The van der Waals surface area contributed by atoms with Crippen LogP contribution in [0.15, 0.2) is 55.1 Å². The van der Waals surface area contributed by atoms with Gasteiger partial charge >= 0.3 is 0 Å². The SMILES string of the molecule is Cc1ccc(CNc2ncc(Cc3c[nH]c4ncc(Cl)cc34)cn2)cc1. The van der Waals surface area contributed by atoms with Crippen LogP contribution in [-0.2, 0) is 13.0 Å². The zero-order chi connectivity index (χ0) is 17.9. The molecule has 0 spiro atoms. The van der Waals surface area contributed by atoms with Crippen molar-refractivity contribution in [3.63, 3.8) is 0 Å². The molecule has 0 bridgehead atoms. The number of H-pyrrole nitrogens is 1. The summed E-state index contributed by atoms with van der Waals surface area (Å²) in [4.78, 5) is 16.3. The minimum Gasteiger partial charge on any atom is -0.350 e. The van der Waals surface area contributed by atoms with Crippen molar-refractivity contribution >= 4 is 28.6 Å². The van der Waals surface area contributed by atoms with E-state index in [2.05, 4.69) is 56.4 Å². The zero-order valence-electron chi connectivity index (χ0n) is 14.3. The largest absolute Gasteiger partial charge is 0.350 e. The topological polar surface area (TPSA) is 66.5 Å². The first-order valence-electron chi connectivity index (χ1n) is 8.39. The van der Waals surface area contributed by atoms with Gasteiger partial charge in [-0.25, -0.2) is 15.0 Å². The third-order valence-corrected chi connectivity index (χ3v) is 4.46. The molecule has 3 aromatic heterocycles. The zero-order valence-corrected chi connectivity index (χ0v) is 15.1. The smallest absolute Gasteiger partial charge is 0.222 e. The first kappa shape index (κ1) is 16.5. The van der Waals surface area contributed by atoms with Gasteiger partial charge in [-0.05, 0) is 29.7 Å². The number of aromatic amines is 1. The molecule has 3 heterocycles. The molecule has 0 unspecified atom stereocenters. The predicted octanol–water partition coefficient (Wildman–Crippen LogP) is 4.52. The molecular weight excluding hydrogens is 346 g/mol. The van der Waals surface area contributed by atoms with Crippen molar-refractivity contribution in [3.05, 3.63) is 82.4 Å². The minimum atomic E-state index is 0.623. The van der Waals surface area contributed by atoms with Gasteiger partial charge in [-0.2, -0.15) is 0 Å². The van der Waals surface area contributed by atoms with E-state index in [1.807, 2.05) is 24.7 Å². The number of aromatic nitrogens is 4. The molecule has 0 atom stereocenters. The number of halogens is 1. The van der Waals surface area contributed by atoms with E-state index in [9.17, 15) is 0 Å². The van der Waals surface area contributed by atoms with Crippen molar-refractivity contribution in [1.29, 1.82) is 0 Å². The van der Waals surface area contributed by atoms with Crippen molar-refractivity contribution in [2.45, 2.75) is 19.9 Å². The van der Waals surface area contributed by atoms with Crippen molar-refractivity contribution in [2.75, 3.05) is 5.32 Å². The summed E-state index contributed by atoms with van der Waals surface area (Å²) < 4.78 is 0. The van der Waals surface area contributed by atoms with E-state index < -0.39 is 0 Å². The fraction of sp³-hybridized carbons (Fsp3) is 0.150. The molecule has 4 aromatic rings. The average molecular weight is 364 g/mol. The van der Waals surface area contributed by atoms with E-state index in [4.69, 9.17) is 11.6 Å². The van der Waals surface area contributed by atoms with Crippen LogP contribution in [-0.4, -0.2) is 19.9 Å². The molecule has 0 aliphatic heterocycles. The second-order valence-corrected chi connectivity index (χ2v) is 6.73. The van der Waals surface area contributed by atoms with E-state index in [0.29, 0.717) is 17.5 Å². The van der Waals surface area contributed by atoms with Crippen LogP contribution in [0.3, 0.4) is 0 Å². The van der Waals surface area contributed by atoms with Crippen LogP contribution in [0.25, 0.3) is 11.0 Å². The quantitative estimate of drug-likeness (QED) is 0.547. The van der Waals surface area contributed by atoms with Crippen LogP contribution >= 0.6 is 11.6 Å². The number of hydrogen-bond acceptors (Lipinski definition) is 4. The highest BCUT2D eigenvalue weighted by Crippen LogP contribution is 2.22. The number of pyridine rings is 1. The molecule has 6 heteroatoms. The van der Waals surface area contributed by atoms with E-state index in [1.165, 1.54) is 11.1 Å². The lowest BCUT2D eigenvalue weighted by Gasteiger charge is -2.06. The van der Waals surface area contributed by atoms with Gasteiger partial charge in [0.2, 0.25) is 5.95 Å². The first-order valence-corrected chi connectivity index (χ1v) is 8.77. The van der Waals surface area contributed by atoms with E-state index >= 15 is 0 Å². The summed E-state index contributed by atoms with van der Waals surface area (Å²) in [5, 5.41) is 4.90. The second kappa shape index (κ2) is 7.14. The number of rotatable bonds is 5. The van der Waals surface area contributed by atoms with Crippen molar-refractivity contribution in [1.82, 2.24) is 19.9 Å². The maximum atomic E-state index is 6.06. The Balaban J connectivity index is 1.43. The van der Waals surface area contributed by atoms with Gasteiger partial charge in [0, 0.05) is 43.1 Å². The van der Waals surface area contributed by atoms with Gasteiger partial charge in [0.05, 0.1) is 5.02 Å². The summed E-state index contributed by atoms with van der Waals surface area (Å²) in [5.41, 5.74) is 5.45. The molecule has 26 heavy (non-hydrogen) atoms. The Morgan fingerprint density at radius 1 is 1.00 bits per heavy atom. The summed E-state index contributed by atoms with van der Waals surface area (Å²) in [5.74, 6) is 0.623. The number of fused-ring (bicyclic) bond motifs is 1. The third-order valence-electron chi connectivity index (χ3n) is 4.25. The molecule has 0 saturated heterocycles. The van der Waals surface area contributed by atoms with E-state index in [0.717, 1.165) is 28.6 Å². The lowest BCUT2D eigenvalue weighted by atomic mass is 10.1. The standard InChI is InChI=1S/C20H18ClN5/c1-13-2-4-14(5-3-13)8-24-20-25-9-15(10-26-20)6-16-11-22-19-18(16)7-17(21)12-23-19/h2-5,7,9-12H,6,8H2,1H3,(H,22,23)(H,24,25,26). The van der Waals surface area contributed by atoms with Gasteiger partial charge in [-0.3, -0.25) is 0 Å². The highest BCUT2D eigenvalue weighted by Gasteiger charge is 2.07. The molecule has 130 valence electrons. The number of hydrogen-bond donors (Lipinski definition) is 2. The number of benzene rings is 1. The van der Waals surface area contributed by atoms with Crippen LogP contribution in [0, 0.1) is 6.92 Å². The van der Waals surface area contributed by atoms with E-state index in [-0.39, 0.29) is 0 Å². The minimum absolute atomic E-state index is 0.623. The van der Waals surface area contributed by atoms with Crippen molar-refractivity contribution in [3.8, 4) is 0 Å². The van der Waals surface area contributed by atoms with Crippen molar-refractivity contribution in [2.24, 2.45) is 0 Å². The lowest BCUT2D eigenvalue weighted by Crippen LogP contribution is -2.04. The number of nitrogens with zero attached hydrogens (tertiary/aromatic N) is 3. The fourth-order valence-electron chi connectivity index (χ4n) is 2.82. The van der Waals surface area contributed by atoms with Gasteiger partial charge in [-0.15, -0.1) is 0 Å². The molecule has 0 aliphatic carbocycles. The molecule has 0 saturated carbocycles. The first-order chi connectivity index (χ1) is 12.7. The maximum Gasteiger partial charge on any atom is 0.222 e. The maximum absolute atomic E-state index is 6.06. The number of nitrogens with one attached hydrogen (secondary N) is 2. The van der Waals surface area contributed by atoms with Gasteiger partial charge in [0.1, 0.15) is 5.65 Å². The Labute approximate surface area is 156 Å². The summed E-state index contributed by atoms with van der Waals surface area (Å²) in [6, 6.07) is 10.3. The molecule has 0 fully saturated rings. The summed E-state index contributed by atoms with van der Waals surface area (Å²) in [6.45, 7) is 2.78. The predicted molar refractivity (Wildman–Crippen MR) is 104 cm³/mol. The Morgan fingerprint density at radius 2 is 1.77 bits per heavy atom. The molecule has 5 nitrogen and oxygen atoms in total. The molecule has 4 rings (SSSR count). The highest BCUT2D eigenvalue weighted by atomic mass is 35.5. The average Bonchev–Trinajstić information content (AvgIpc) is 3.04. The van der Waals surface area contributed by atoms with E-state index in [1.54, 1.807) is 6.20 Å². The van der Waals surface area contributed by atoms with Crippen LogP contribution in [0.2, 0.25) is 5.02 Å². The normalized spacial score (nSPS) is 11.0. The van der Waals surface area contributed by atoms with Gasteiger partial charge in [0.25, 0.3) is 0 Å². The van der Waals surface area contributed by atoms with Gasteiger partial charge in [-0.1, -0.05) is 41.4 Å². The van der Waals surface area contributed by atoms with Crippen LogP contribution < -0.4 is 5.32 Å². The lowest BCUT2D eigenvalue weighted by molar-refractivity contribution is 1.02. The molecule has 0 aliphatic rings. The third kappa shape index (κ3) is 3.68. The Morgan fingerprint density at radius 3 is 2.54 bits per heavy atom. The molecule has 0 amide bonds. The summed E-state index contributed by atoms with van der Waals surface area (Å²) in [7, 11) is 0. The molecular formula is C20H18ClN5. The number of anilines is 1. The Bertz CT molecular complexity index is 1020. The van der Waals surface area contributed by atoms with Gasteiger partial charge in [0.15, 0.2) is 0 Å². The molecule has 2 N–H and O–H groups in total. The van der Waals surface area contributed by atoms with Crippen LogP contribution in [0.1, 0.15) is 22.3 Å². The fourth-order valence-corrected chi connectivity index (χ4v) is 2.98. The van der Waals surface area contributed by atoms with Gasteiger partial charge < -0.3 is 10.3 Å². The monoisotopic (exact) mass is 363 g/mol. The van der Waals surface area contributed by atoms with Crippen LogP contribution in [0.4, 0.5) is 5.95 Å². The summed E-state index contributed by atoms with van der Waals surface area (Å²) in [6.07, 6.45) is 8.02.